The van der Waals surface area contributed by atoms with E-state index in [9.17, 15) is 19.7 Å². The molecule has 1 aromatic rings. The fourth-order valence-electron chi connectivity index (χ4n) is 5.34. The Hall–Kier alpha value is -2.84. The molecule has 1 aromatic heterocycles. The molecule has 4 rings (SSSR count). The first-order valence-corrected chi connectivity index (χ1v) is 11.4. The largest absolute Gasteiger partial charge is 0.459 e. The second-order valence-corrected chi connectivity index (χ2v) is 10.2. The number of carbonyl (C=O) groups is 2. The fourth-order valence-corrected chi connectivity index (χ4v) is 5.34. The molecule has 1 saturated heterocycles. The number of fused-ring (bicyclic) bond motifs is 1. The number of hydrogen-bond donors (Lipinski definition) is 0. The average molecular weight is 445 g/mol. The summed E-state index contributed by atoms with van der Waals surface area (Å²) in [6.45, 7) is 8.47. The van der Waals surface area contributed by atoms with E-state index in [-0.39, 0.29) is 29.0 Å². The number of piperazine rings is 1. The third-order valence-electron chi connectivity index (χ3n) is 6.65. The van der Waals surface area contributed by atoms with Gasteiger partial charge in [-0.1, -0.05) is 33.6 Å². The lowest BCUT2D eigenvalue weighted by molar-refractivity contribution is -0.424. The number of nitro groups is 1. The molecule has 0 spiro atoms. The van der Waals surface area contributed by atoms with Crippen molar-refractivity contribution in [2.45, 2.75) is 52.5 Å². The summed E-state index contributed by atoms with van der Waals surface area (Å²) < 4.78 is 5.22. The lowest BCUT2D eigenvalue weighted by Gasteiger charge is -2.48. The molecule has 2 atom stereocenters. The number of hydrogen-bond acceptors (Lipinski definition) is 6. The molecular formula is C23H32N4O5. The maximum Gasteiger partial charge on any atom is 0.352 e. The normalized spacial score (nSPS) is 24.6. The number of rotatable bonds is 4. The van der Waals surface area contributed by atoms with Gasteiger partial charge in [-0.3, -0.25) is 19.7 Å². The smallest absolute Gasteiger partial charge is 0.352 e. The first-order valence-electron chi connectivity index (χ1n) is 11.4. The summed E-state index contributed by atoms with van der Waals surface area (Å²) in [5.74, 6) is -0.375. The molecule has 1 saturated carbocycles. The van der Waals surface area contributed by atoms with E-state index in [0.717, 1.165) is 25.7 Å². The maximum absolute atomic E-state index is 13.4. The van der Waals surface area contributed by atoms with E-state index in [4.69, 9.17) is 4.42 Å². The van der Waals surface area contributed by atoms with Crippen LogP contribution in [0.25, 0.3) is 0 Å². The second kappa shape index (κ2) is 8.60. The van der Waals surface area contributed by atoms with Gasteiger partial charge in [-0.25, -0.2) is 0 Å². The Labute approximate surface area is 188 Å². The zero-order chi connectivity index (χ0) is 23.0. The van der Waals surface area contributed by atoms with Crippen LogP contribution >= 0.6 is 0 Å². The van der Waals surface area contributed by atoms with Gasteiger partial charge in [-0.2, -0.15) is 0 Å². The summed E-state index contributed by atoms with van der Waals surface area (Å²) in [6.07, 6.45) is 5.22. The molecule has 9 heteroatoms. The van der Waals surface area contributed by atoms with Crippen molar-refractivity contribution in [2.24, 2.45) is 11.3 Å². The van der Waals surface area contributed by atoms with Gasteiger partial charge in [0.2, 0.25) is 0 Å². The highest BCUT2D eigenvalue weighted by molar-refractivity contribution is 5.93. The van der Waals surface area contributed by atoms with Crippen molar-refractivity contribution in [1.82, 2.24) is 14.7 Å². The average Bonchev–Trinajstić information content (AvgIpc) is 3.29. The zero-order valence-electron chi connectivity index (χ0n) is 19.1. The van der Waals surface area contributed by atoms with Crippen LogP contribution in [0.2, 0.25) is 0 Å². The molecule has 2 fully saturated rings. The molecular weight excluding hydrogens is 412 g/mol. The Bertz CT molecular complexity index is 909. The van der Waals surface area contributed by atoms with Gasteiger partial charge in [-0.05, 0) is 30.4 Å². The SMILES string of the molecule is CC(C)(C)CN1C(=O)C([N+](=O)[O-])=C(N2CCN(C(=O)c3ccco3)CC2)C2CCCCC21. The number of nitrogens with zero attached hydrogens (tertiary/aromatic N) is 4. The Morgan fingerprint density at radius 1 is 1.19 bits per heavy atom. The highest BCUT2D eigenvalue weighted by atomic mass is 16.6. The van der Waals surface area contributed by atoms with Crippen LogP contribution in [0.4, 0.5) is 0 Å². The minimum Gasteiger partial charge on any atom is -0.459 e. The van der Waals surface area contributed by atoms with Gasteiger partial charge in [0.1, 0.15) is 5.70 Å². The van der Waals surface area contributed by atoms with Gasteiger partial charge < -0.3 is 19.1 Å². The molecule has 2 unspecified atom stereocenters. The van der Waals surface area contributed by atoms with Gasteiger partial charge >= 0.3 is 11.6 Å². The molecule has 174 valence electrons. The molecule has 0 aromatic carbocycles. The third-order valence-corrected chi connectivity index (χ3v) is 6.65. The molecule has 0 bridgehead atoms. The van der Waals surface area contributed by atoms with Gasteiger partial charge in [0.05, 0.1) is 11.2 Å². The van der Waals surface area contributed by atoms with E-state index < -0.39 is 10.8 Å². The summed E-state index contributed by atoms with van der Waals surface area (Å²) in [5.41, 5.74) is 0.164. The van der Waals surface area contributed by atoms with Gasteiger partial charge in [0.25, 0.3) is 5.91 Å². The maximum atomic E-state index is 13.4. The van der Waals surface area contributed by atoms with Crippen molar-refractivity contribution in [1.29, 1.82) is 0 Å². The summed E-state index contributed by atoms with van der Waals surface area (Å²) in [4.78, 5) is 43.1. The van der Waals surface area contributed by atoms with E-state index in [1.54, 1.807) is 21.9 Å². The van der Waals surface area contributed by atoms with E-state index in [0.29, 0.717) is 44.2 Å². The van der Waals surface area contributed by atoms with Crippen LogP contribution in [0, 0.1) is 21.4 Å². The van der Waals surface area contributed by atoms with Crippen molar-refractivity contribution in [3.8, 4) is 0 Å². The highest BCUT2D eigenvalue weighted by Crippen LogP contribution is 2.42. The number of carbonyl (C=O) groups excluding carboxylic acids is 2. The van der Waals surface area contributed by atoms with Gasteiger partial charge in [-0.15, -0.1) is 0 Å². The standard InChI is InChI=1S/C23H32N4O5/c1-23(2,3)15-26-17-8-5-4-7-16(17)19(20(22(26)29)27(30)31)24-10-12-25(13-11-24)21(28)18-9-6-14-32-18/h6,9,14,16-17H,4-5,7-8,10-13,15H2,1-3H3. The molecule has 3 aliphatic rings. The fraction of sp³-hybridized carbons (Fsp3) is 0.652. The Morgan fingerprint density at radius 2 is 1.88 bits per heavy atom. The molecule has 2 amide bonds. The van der Waals surface area contributed by atoms with Crippen molar-refractivity contribution >= 4 is 11.8 Å². The predicted octanol–water partition coefficient (Wildman–Crippen LogP) is 2.97. The van der Waals surface area contributed by atoms with E-state index in [1.165, 1.54) is 6.26 Å². The van der Waals surface area contributed by atoms with Crippen molar-refractivity contribution < 1.29 is 18.9 Å². The van der Waals surface area contributed by atoms with Crippen LogP contribution in [0.5, 0.6) is 0 Å². The minimum absolute atomic E-state index is 0.00282. The van der Waals surface area contributed by atoms with E-state index in [2.05, 4.69) is 20.8 Å². The number of amides is 2. The van der Waals surface area contributed by atoms with Gasteiger partial charge in [0, 0.05) is 44.7 Å². The molecule has 2 aliphatic heterocycles. The molecule has 9 nitrogen and oxygen atoms in total. The lowest BCUT2D eigenvalue weighted by atomic mass is 9.77. The van der Waals surface area contributed by atoms with Crippen LogP contribution in [0.3, 0.4) is 0 Å². The Morgan fingerprint density at radius 3 is 2.47 bits per heavy atom. The van der Waals surface area contributed by atoms with E-state index in [1.807, 2.05) is 4.90 Å². The Balaban J connectivity index is 1.61. The van der Waals surface area contributed by atoms with Crippen LogP contribution in [0.1, 0.15) is 57.0 Å². The molecule has 3 heterocycles. The summed E-state index contributed by atoms with van der Waals surface area (Å²) in [5, 5.41) is 12.1. The molecule has 0 radical (unpaired) electrons. The quantitative estimate of drug-likeness (QED) is 0.523. The van der Waals surface area contributed by atoms with Crippen molar-refractivity contribution in [3.63, 3.8) is 0 Å². The monoisotopic (exact) mass is 444 g/mol. The van der Waals surface area contributed by atoms with Crippen LogP contribution < -0.4 is 0 Å². The minimum atomic E-state index is -0.488. The third kappa shape index (κ3) is 4.25. The predicted molar refractivity (Wildman–Crippen MR) is 117 cm³/mol. The first-order chi connectivity index (χ1) is 15.2. The second-order valence-electron chi connectivity index (χ2n) is 10.2. The summed E-state index contributed by atoms with van der Waals surface area (Å²) in [7, 11) is 0. The number of furan rings is 1. The van der Waals surface area contributed by atoms with Gasteiger partial charge in [0.15, 0.2) is 5.76 Å². The highest BCUT2D eigenvalue weighted by Gasteiger charge is 2.50. The van der Waals surface area contributed by atoms with Crippen LogP contribution in [-0.4, -0.2) is 70.2 Å². The first kappa shape index (κ1) is 22.4. The van der Waals surface area contributed by atoms with Crippen molar-refractivity contribution in [3.05, 3.63) is 45.7 Å². The van der Waals surface area contributed by atoms with Crippen LogP contribution in [0.15, 0.2) is 34.2 Å². The van der Waals surface area contributed by atoms with Crippen molar-refractivity contribution in [2.75, 3.05) is 32.7 Å². The van der Waals surface area contributed by atoms with Crippen LogP contribution in [-0.2, 0) is 4.79 Å². The summed E-state index contributed by atoms with van der Waals surface area (Å²) >= 11 is 0. The molecule has 1 aliphatic carbocycles. The topological polar surface area (TPSA) is 100 Å². The summed E-state index contributed by atoms with van der Waals surface area (Å²) in [6, 6.07) is 3.31. The molecule has 0 N–H and O–H groups in total. The Kier molecular flexibility index (Phi) is 6.01. The zero-order valence-corrected chi connectivity index (χ0v) is 19.1. The lowest BCUT2D eigenvalue weighted by Crippen LogP contribution is -2.58. The van der Waals surface area contributed by atoms with E-state index >= 15 is 0 Å². The molecule has 32 heavy (non-hydrogen) atoms.